The minimum atomic E-state index is -0.135. The average molecular weight is 278 g/mol. The van der Waals surface area contributed by atoms with Gasteiger partial charge in [-0.1, -0.05) is 19.9 Å². The van der Waals surface area contributed by atoms with Gasteiger partial charge in [-0.3, -0.25) is 4.79 Å². The van der Waals surface area contributed by atoms with Crippen LogP contribution >= 0.6 is 11.3 Å². The Labute approximate surface area is 114 Å². The van der Waals surface area contributed by atoms with Gasteiger partial charge in [-0.15, -0.1) is 11.3 Å². The molecule has 2 aromatic rings. The van der Waals surface area contributed by atoms with Gasteiger partial charge in [0.25, 0.3) is 0 Å². The molecule has 0 spiro atoms. The first-order valence-electron chi connectivity index (χ1n) is 5.76. The predicted molar refractivity (Wildman–Crippen MR) is 74.3 cm³/mol. The zero-order chi connectivity index (χ0) is 14.0. The Hall–Kier alpha value is -2.08. The number of phenolic OH excluding ortho intramolecular Hbond substituents is 2. The van der Waals surface area contributed by atoms with Crippen LogP contribution in [-0.2, 0) is 4.79 Å². The van der Waals surface area contributed by atoms with E-state index < -0.39 is 0 Å². The molecule has 0 bridgehead atoms. The Kier molecular flexibility index (Phi) is 3.71. The van der Waals surface area contributed by atoms with Gasteiger partial charge in [0.2, 0.25) is 5.91 Å². The number of hydrogen-bond donors (Lipinski definition) is 3. The van der Waals surface area contributed by atoms with Crippen LogP contribution in [0.1, 0.15) is 13.8 Å². The van der Waals surface area contributed by atoms with Crippen molar-refractivity contribution < 1.29 is 15.0 Å². The zero-order valence-corrected chi connectivity index (χ0v) is 11.4. The van der Waals surface area contributed by atoms with Gasteiger partial charge in [0.05, 0.1) is 5.56 Å². The number of nitrogens with zero attached hydrogens (tertiary/aromatic N) is 1. The number of benzene rings is 1. The molecule has 0 saturated carbocycles. The van der Waals surface area contributed by atoms with Gasteiger partial charge < -0.3 is 15.5 Å². The van der Waals surface area contributed by atoms with E-state index in [4.69, 9.17) is 0 Å². The van der Waals surface area contributed by atoms with Crippen LogP contribution in [-0.4, -0.2) is 21.1 Å². The fourth-order valence-electron chi connectivity index (χ4n) is 1.46. The molecule has 0 aliphatic rings. The van der Waals surface area contributed by atoms with E-state index in [-0.39, 0.29) is 28.9 Å². The van der Waals surface area contributed by atoms with Crippen molar-refractivity contribution in [2.75, 3.05) is 5.32 Å². The van der Waals surface area contributed by atoms with Crippen LogP contribution in [0.3, 0.4) is 0 Å². The molecule has 0 aliphatic heterocycles. The molecule has 0 unspecified atom stereocenters. The number of hydrogen-bond acceptors (Lipinski definition) is 5. The quantitative estimate of drug-likeness (QED) is 0.806. The average Bonchev–Trinajstić information content (AvgIpc) is 2.77. The molecule has 3 N–H and O–H groups in total. The van der Waals surface area contributed by atoms with Crippen molar-refractivity contribution in [3.05, 3.63) is 23.6 Å². The molecular formula is C13H14N2O3S. The molecule has 19 heavy (non-hydrogen) atoms. The number of carbonyl (C=O) groups is 1. The number of carbonyl (C=O) groups excluding carboxylic acids is 1. The maximum atomic E-state index is 11.5. The third-order valence-corrected chi connectivity index (χ3v) is 3.37. The van der Waals surface area contributed by atoms with Crippen LogP contribution in [0.15, 0.2) is 23.6 Å². The van der Waals surface area contributed by atoms with Gasteiger partial charge in [-0.05, 0) is 12.1 Å². The normalized spacial score (nSPS) is 10.7. The summed E-state index contributed by atoms with van der Waals surface area (Å²) in [4.78, 5) is 15.7. The Morgan fingerprint density at radius 3 is 2.53 bits per heavy atom. The first-order chi connectivity index (χ1) is 8.99. The van der Waals surface area contributed by atoms with Crippen LogP contribution in [0.4, 0.5) is 5.82 Å². The number of nitrogens with one attached hydrogen (secondary N) is 1. The smallest absolute Gasteiger partial charge is 0.228 e. The first kappa shape index (κ1) is 13.4. The lowest BCUT2D eigenvalue weighted by atomic mass is 10.2. The minimum absolute atomic E-state index is 0.0453. The molecule has 100 valence electrons. The van der Waals surface area contributed by atoms with Crippen molar-refractivity contribution in [3.63, 3.8) is 0 Å². The van der Waals surface area contributed by atoms with Crippen molar-refractivity contribution in [3.8, 4) is 22.1 Å². The largest absolute Gasteiger partial charge is 0.507 e. The summed E-state index contributed by atoms with van der Waals surface area (Å²) in [5, 5.41) is 24.3. The number of aromatic nitrogens is 1. The Morgan fingerprint density at radius 2 is 1.95 bits per heavy atom. The van der Waals surface area contributed by atoms with Crippen molar-refractivity contribution >= 4 is 23.1 Å². The lowest BCUT2D eigenvalue weighted by Gasteiger charge is -2.04. The van der Waals surface area contributed by atoms with Gasteiger partial charge in [-0.2, -0.15) is 0 Å². The third kappa shape index (κ3) is 2.85. The lowest BCUT2D eigenvalue weighted by molar-refractivity contribution is -0.118. The first-order valence-corrected chi connectivity index (χ1v) is 6.64. The van der Waals surface area contributed by atoms with Gasteiger partial charge in [0.1, 0.15) is 22.3 Å². The van der Waals surface area contributed by atoms with E-state index in [0.29, 0.717) is 10.8 Å². The SMILES string of the molecule is CC(C)C(=O)Nc1csc(-c2c(O)cccc2O)n1. The summed E-state index contributed by atoms with van der Waals surface area (Å²) in [6.07, 6.45) is 0. The highest BCUT2D eigenvalue weighted by Gasteiger charge is 2.15. The topological polar surface area (TPSA) is 82.5 Å². The second kappa shape index (κ2) is 5.27. The minimum Gasteiger partial charge on any atom is -0.507 e. The van der Waals surface area contributed by atoms with Gasteiger partial charge in [0, 0.05) is 11.3 Å². The molecule has 2 rings (SSSR count). The molecule has 5 nitrogen and oxygen atoms in total. The summed E-state index contributed by atoms with van der Waals surface area (Å²) in [6, 6.07) is 4.49. The van der Waals surface area contributed by atoms with Gasteiger partial charge >= 0.3 is 0 Å². The molecule has 1 amide bonds. The number of anilines is 1. The predicted octanol–water partition coefficient (Wildman–Crippen LogP) is 2.82. The molecule has 0 radical (unpaired) electrons. The van der Waals surface area contributed by atoms with Crippen molar-refractivity contribution in [2.24, 2.45) is 5.92 Å². The van der Waals surface area contributed by atoms with Crippen LogP contribution in [0.25, 0.3) is 10.6 Å². The lowest BCUT2D eigenvalue weighted by Crippen LogP contribution is -2.17. The summed E-state index contributed by atoms with van der Waals surface area (Å²) in [6.45, 7) is 3.58. The highest BCUT2D eigenvalue weighted by Crippen LogP contribution is 2.39. The Morgan fingerprint density at radius 1 is 1.32 bits per heavy atom. The van der Waals surface area contributed by atoms with Crippen molar-refractivity contribution in [1.82, 2.24) is 4.98 Å². The van der Waals surface area contributed by atoms with Gasteiger partial charge in [-0.25, -0.2) is 4.98 Å². The summed E-state index contributed by atoms with van der Waals surface area (Å²) < 4.78 is 0. The Bertz CT molecular complexity index is 587. The maximum Gasteiger partial charge on any atom is 0.228 e. The second-order valence-electron chi connectivity index (χ2n) is 4.35. The molecule has 0 aliphatic carbocycles. The third-order valence-electron chi connectivity index (χ3n) is 2.51. The summed E-state index contributed by atoms with van der Waals surface area (Å²) in [7, 11) is 0. The van der Waals surface area contributed by atoms with E-state index in [1.807, 2.05) is 0 Å². The van der Waals surface area contributed by atoms with Crippen LogP contribution in [0.2, 0.25) is 0 Å². The number of phenols is 2. The maximum absolute atomic E-state index is 11.5. The monoisotopic (exact) mass is 278 g/mol. The molecule has 1 aromatic carbocycles. The van der Waals surface area contributed by atoms with Crippen molar-refractivity contribution in [1.29, 1.82) is 0 Å². The summed E-state index contributed by atoms with van der Waals surface area (Å²) in [5.41, 5.74) is 0.276. The molecule has 6 heteroatoms. The van der Waals surface area contributed by atoms with E-state index in [9.17, 15) is 15.0 Å². The van der Waals surface area contributed by atoms with E-state index >= 15 is 0 Å². The molecule has 0 atom stereocenters. The number of rotatable bonds is 3. The molecule has 0 saturated heterocycles. The molecule has 1 aromatic heterocycles. The van der Waals surface area contributed by atoms with Crippen LogP contribution < -0.4 is 5.32 Å². The molecule has 0 fully saturated rings. The molecular weight excluding hydrogens is 264 g/mol. The number of aromatic hydroxyl groups is 2. The van der Waals surface area contributed by atoms with Crippen LogP contribution in [0.5, 0.6) is 11.5 Å². The highest BCUT2D eigenvalue weighted by molar-refractivity contribution is 7.13. The highest BCUT2D eigenvalue weighted by atomic mass is 32.1. The van der Waals surface area contributed by atoms with Crippen molar-refractivity contribution in [2.45, 2.75) is 13.8 Å². The fraction of sp³-hybridized carbons (Fsp3) is 0.231. The van der Waals surface area contributed by atoms with E-state index in [1.165, 1.54) is 23.5 Å². The van der Waals surface area contributed by atoms with E-state index in [2.05, 4.69) is 10.3 Å². The summed E-state index contributed by atoms with van der Waals surface area (Å²) >= 11 is 1.24. The van der Waals surface area contributed by atoms with E-state index in [1.54, 1.807) is 25.3 Å². The van der Waals surface area contributed by atoms with Gasteiger partial charge in [0.15, 0.2) is 0 Å². The zero-order valence-electron chi connectivity index (χ0n) is 10.5. The summed E-state index contributed by atoms with van der Waals surface area (Å²) in [5.74, 6) is 0.0653. The Balaban J connectivity index is 2.29. The number of thiazole rings is 1. The number of amides is 1. The van der Waals surface area contributed by atoms with E-state index in [0.717, 1.165) is 0 Å². The fourth-order valence-corrected chi connectivity index (χ4v) is 2.28. The second-order valence-corrected chi connectivity index (χ2v) is 5.21. The standard InChI is InChI=1S/C13H14N2O3S/c1-7(2)12(18)14-10-6-19-13(15-10)11-8(16)4-3-5-9(11)17/h3-7,16-17H,1-2H3,(H,14,18). The van der Waals surface area contributed by atoms with Crippen LogP contribution in [0, 0.1) is 5.92 Å². The molecule has 1 heterocycles.